The van der Waals surface area contributed by atoms with Crippen molar-refractivity contribution in [2.75, 3.05) is 0 Å². The maximum absolute atomic E-state index is 13.8. The van der Waals surface area contributed by atoms with E-state index in [9.17, 15) is 4.39 Å². The number of halogens is 2. The van der Waals surface area contributed by atoms with Gasteiger partial charge in [-0.25, -0.2) is 4.39 Å². The zero-order valence-corrected chi connectivity index (χ0v) is 14.1. The second kappa shape index (κ2) is 6.29. The van der Waals surface area contributed by atoms with E-state index in [0.29, 0.717) is 17.3 Å². The molecule has 0 fully saturated rings. The molecule has 0 bridgehead atoms. The number of aromatic nitrogens is 4. The van der Waals surface area contributed by atoms with E-state index in [2.05, 4.69) is 27.4 Å². The van der Waals surface area contributed by atoms with Gasteiger partial charge in [-0.2, -0.15) is 4.52 Å². The van der Waals surface area contributed by atoms with Crippen LogP contribution >= 0.6 is 11.6 Å². The molecule has 1 atom stereocenters. The predicted molar refractivity (Wildman–Crippen MR) is 92.5 cm³/mol. The molecule has 1 aromatic carbocycles. The summed E-state index contributed by atoms with van der Waals surface area (Å²) in [4.78, 5) is 0. The molecule has 0 N–H and O–H groups in total. The quantitative estimate of drug-likeness (QED) is 0.682. The van der Waals surface area contributed by atoms with Crippen molar-refractivity contribution in [2.24, 2.45) is 0 Å². The van der Waals surface area contributed by atoms with Gasteiger partial charge >= 0.3 is 0 Å². The molecule has 0 saturated carbocycles. The van der Waals surface area contributed by atoms with Crippen LogP contribution in [0.2, 0.25) is 5.28 Å². The van der Waals surface area contributed by atoms with Crippen LogP contribution < -0.4 is 4.74 Å². The van der Waals surface area contributed by atoms with E-state index in [-0.39, 0.29) is 17.0 Å². The lowest BCUT2D eigenvalue weighted by molar-refractivity contribution is 0.443. The molecule has 1 unspecified atom stereocenters. The zero-order chi connectivity index (χ0) is 17.4. The van der Waals surface area contributed by atoms with Gasteiger partial charge in [0.1, 0.15) is 11.6 Å². The van der Waals surface area contributed by atoms with Crippen LogP contribution in [0.15, 0.2) is 54.1 Å². The highest BCUT2D eigenvalue weighted by Crippen LogP contribution is 2.35. The molecular weight excluding hydrogens is 343 g/mol. The minimum absolute atomic E-state index is 0.0524. The van der Waals surface area contributed by atoms with E-state index in [1.54, 1.807) is 18.2 Å². The van der Waals surface area contributed by atoms with Crippen LogP contribution in [0.4, 0.5) is 4.39 Å². The lowest BCUT2D eigenvalue weighted by atomic mass is 9.90. The molecule has 0 radical (unpaired) electrons. The normalized spacial score (nSPS) is 16.9. The molecule has 1 aliphatic rings. The highest BCUT2D eigenvalue weighted by molar-refractivity contribution is 6.28. The molecule has 25 heavy (non-hydrogen) atoms. The number of fused-ring (bicyclic) bond motifs is 1. The lowest BCUT2D eigenvalue weighted by Gasteiger charge is -2.19. The van der Waals surface area contributed by atoms with Crippen molar-refractivity contribution >= 4 is 17.2 Å². The summed E-state index contributed by atoms with van der Waals surface area (Å²) in [6, 6.07) is 7.87. The number of hydrogen-bond donors (Lipinski definition) is 0. The van der Waals surface area contributed by atoms with E-state index < -0.39 is 0 Å². The third-order valence-electron chi connectivity index (χ3n) is 4.07. The molecule has 2 aromatic heterocycles. The molecule has 0 spiro atoms. The summed E-state index contributed by atoms with van der Waals surface area (Å²) in [6.45, 7) is 2.04. The monoisotopic (exact) mass is 356 g/mol. The van der Waals surface area contributed by atoms with Crippen molar-refractivity contribution in [1.29, 1.82) is 0 Å². The number of allylic oxidation sites excluding steroid dienone is 4. The molecule has 7 heteroatoms. The van der Waals surface area contributed by atoms with Crippen LogP contribution in [0.5, 0.6) is 11.6 Å². The number of nitrogens with zero attached hydrogens (tertiary/aromatic N) is 4. The van der Waals surface area contributed by atoms with Gasteiger partial charge in [0.25, 0.3) is 0 Å². The SMILES string of the molecule is CC1=CCC(c2cc(F)ccc2Oc2ccc3nnc(Cl)n3n2)C=C1. The van der Waals surface area contributed by atoms with Crippen LogP contribution in [-0.2, 0) is 0 Å². The van der Waals surface area contributed by atoms with Crippen molar-refractivity contribution in [3.63, 3.8) is 0 Å². The third-order valence-corrected chi connectivity index (χ3v) is 4.31. The van der Waals surface area contributed by atoms with Gasteiger partial charge in [0, 0.05) is 17.5 Å². The Hall–Kier alpha value is -2.73. The third kappa shape index (κ3) is 3.13. The summed E-state index contributed by atoms with van der Waals surface area (Å²) in [6.07, 6.45) is 7.01. The largest absolute Gasteiger partial charge is 0.437 e. The summed E-state index contributed by atoms with van der Waals surface area (Å²) < 4.78 is 21.1. The van der Waals surface area contributed by atoms with Gasteiger partial charge in [-0.05, 0) is 49.2 Å². The minimum Gasteiger partial charge on any atom is -0.437 e. The maximum atomic E-state index is 13.8. The Morgan fingerprint density at radius 3 is 2.92 bits per heavy atom. The summed E-state index contributed by atoms with van der Waals surface area (Å²) in [7, 11) is 0. The maximum Gasteiger partial charge on any atom is 0.246 e. The molecule has 0 saturated heterocycles. The van der Waals surface area contributed by atoms with E-state index >= 15 is 0 Å². The van der Waals surface area contributed by atoms with Gasteiger partial charge in [-0.1, -0.05) is 23.8 Å². The molecule has 2 heterocycles. The van der Waals surface area contributed by atoms with Crippen molar-refractivity contribution in [1.82, 2.24) is 19.8 Å². The first kappa shape index (κ1) is 15.8. The summed E-state index contributed by atoms with van der Waals surface area (Å²) in [5, 5.41) is 12.0. The van der Waals surface area contributed by atoms with Crippen LogP contribution in [0.3, 0.4) is 0 Å². The fourth-order valence-corrected chi connectivity index (χ4v) is 2.94. The Labute approximate surface area is 148 Å². The topological polar surface area (TPSA) is 52.3 Å². The first-order valence-corrected chi connectivity index (χ1v) is 8.18. The molecule has 4 rings (SSSR count). The number of benzene rings is 1. The van der Waals surface area contributed by atoms with Crippen LogP contribution in [0, 0.1) is 5.82 Å². The molecule has 0 aliphatic heterocycles. The number of rotatable bonds is 3. The van der Waals surface area contributed by atoms with Gasteiger partial charge in [-0.15, -0.1) is 15.3 Å². The smallest absolute Gasteiger partial charge is 0.246 e. The molecular formula is C18H14ClFN4O. The molecule has 1 aliphatic carbocycles. The molecule has 0 amide bonds. The predicted octanol–water partition coefficient (Wildman–Crippen LogP) is 4.70. The highest BCUT2D eigenvalue weighted by atomic mass is 35.5. The second-order valence-corrected chi connectivity index (χ2v) is 6.18. The zero-order valence-electron chi connectivity index (χ0n) is 13.4. The first-order chi connectivity index (χ1) is 12.1. The van der Waals surface area contributed by atoms with Gasteiger partial charge < -0.3 is 4.74 Å². The molecule has 5 nitrogen and oxygen atoms in total. The standard InChI is InChI=1S/C18H14ClFN4O/c1-11-2-4-12(5-3-11)14-10-13(20)6-7-15(14)25-17-9-8-16-21-22-18(19)24(16)23-17/h2-4,6-10,12H,5H2,1H3. The van der Waals surface area contributed by atoms with Gasteiger partial charge in [0.05, 0.1) is 0 Å². The first-order valence-electron chi connectivity index (χ1n) is 7.80. The summed E-state index contributed by atoms with van der Waals surface area (Å²) in [5.41, 5.74) is 2.49. The fraction of sp³-hybridized carbons (Fsp3) is 0.167. The average molecular weight is 357 g/mol. The Balaban J connectivity index is 1.69. The number of hydrogen-bond acceptors (Lipinski definition) is 4. The van der Waals surface area contributed by atoms with Crippen LogP contribution in [0.1, 0.15) is 24.8 Å². The van der Waals surface area contributed by atoms with Crippen LogP contribution in [-0.4, -0.2) is 19.8 Å². The second-order valence-electron chi connectivity index (χ2n) is 5.84. The number of ether oxygens (including phenoxy) is 1. The van der Waals surface area contributed by atoms with E-state index in [0.717, 1.165) is 12.0 Å². The van der Waals surface area contributed by atoms with Crippen molar-refractivity contribution in [3.05, 3.63) is 70.8 Å². The fourth-order valence-electron chi connectivity index (χ4n) is 2.77. The Kier molecular flexibility index (Phi) is 3.97. The summed E-state index contributed by atoms with van der Waals surface area (Å²) in [5.74, 6) is 0.637. The Bertz CT molecular complexity index is 1010. The Morgan fingerprint density at radius 2 is 2.12 bits per heavy atom. The van der Waals surface area contributed by atoms with Gasteiger partial charge in [0.15, 0.2) is 5.65 Å². The average Bonchev–Trinajstić information content (AvgIpc) is 2.98. The lowest BCUT2D eigenvalue weighted by Crippen LogP contribution is -2.03. The minimum atomic E-state index is -0.299. The highest BCUT2D eigenvalue weighted by Gasteiger charge is 2.17. The van der Waals surface area contributed by atoms with Crippen molar-refractivity contribution in [2.45, 2.75) is 19.3 Å². The van der Waals surface area contributed by atoms with E-state index in [4.69, 9.17) is 16.3 Å². The Morgan fingerprint density at radius 1 is 1.24 bits per heavy atom. The van der Waals surface area contributed by atoms with E-state index in [1.165, 1.54) is 22.2 Å². The van der Waals surface area contributed by atoms with Crippen LogP contribution in [0.25, 0.3) is 5.65 Å². The van der Waals surface area contributed by atoms with Gasteiger partial charge in [0.2, 0.25) is 11.2 Å². The van der Waals surface area contributed by atoms with Crippen molar-refractivity contribution < 1.29 is 9.13 Å². The molecule has 126 valence electrons. The van der Waals surface area contributed by atoms with Crippen molar-refractivity contribution in [3.8, 4) is 11.6 Å². The van der Waals surface area contributed by atoms with E-state index in [1.807, 2.05) is 13.0 Å². The van der Waals surface area contributed by atoms with Gasteiger partial charge in [-0.3, -0.25) is 0 Å². The molecule has 3 aromatic rings. The summed E-state index contributed by atoms with van der Waals surface area (Å²) >= 11 is 5.94.